The average molecular weight is 309 g/mol. The number of carbonyl (C=O) groups excluding carboxylic acids is 1. The number of benzene rings is 2. The molecule has 0 aliphatic heterocycles. The molecule has 5 nitrogen and oxygen atoms in total. The molecule has 0 saturated heterocycles. The molecule has 3 rings (SSSR count). The Labute approximate surface area is 134 Å². The van der Waals surface area contributed by atoms with Crippen molar-refractivity contribution in [2.75, 3.05) is 11.9 Å². The predicted octanol–water partition coefficient (Wildman–Crippen LogP) is 2.96. The van der Waals surface area contributed by atoms with Gasteiger partial charge in [0.15, 0.2) is 0 Å². The summed E-state index contributed by atoms with van der Waals surface area (Å²) in [6, 6.07) is 12.0. The summed E-state index contributed by atoms with van der Waals surface area (Å²) in [5.41, 5.74) is 4.78. The van der Waals surface area contributed by atoms with E-state index in [2.05, 4.69) is 16.5 Å². The number of carbonyl (C=O) groups is 1. The van der Waals surface area contributed by atoms with Crippen molar-refractivity contribution in [3.05, 3.63) is 53.7 Å². The first kappa shape index (κ1) is 15.2. The molecule has 0 aliphatic carbocycles. The standard InChI is InChI=1S/C18H19N3O2/c1-12-4-3-5-15(8-12)21-17-10-16(20-18(23)6-7-22)13(2)9-14(17)11-19-21/h3-5,8-11,22H,6-7H2,1-2H3,(H,20,23). The molecule has 1 aromatic heterocycles. The molecule has 0 unspecified atom stereocenters. The van der Waals surface area contributed by atoms with Crippen LogP contribution in [0.2, 0.25) is 0 Å². The van der Waals surface area contributed by atoms with E-state index < -0.39 is 0 Å². The van der Waals surface area contributed by atoms with E-state index in [9.17, 15) is 4.79 Å². The summed E-state index contributed by atoms with van der Waals surface area (Å²) in [6.07, 6.45) is 1.92. The maximum atomic E-state index is 11.7. The molecule has 118 valence electrons. The van der Waals surface area contributed by atoms with Gasteiger partial charge in [-0.3, -0.25) is 4.79 Å². The zero-order valence-electron chi connectivity index (χ0n) is 13.2. The monoisotopic (exact) mass is 309 g/mol. The zero-order chi connectivity index (χ0) is 16.4. The van der Waals surface area contributed by atoms with E-state index in [1.807, 2.05) is 55.1 Å². The summed E-state index contributed by atoms with van der Waals surface area (Å²) in [4.78, 5) is 11.7. The van der Waals surface area contributed by atoms with Gasteiger partial charge in [0.1, 0.15) is 0 Å². The fourth-order valence-corrected chi connectivity index (χ4v) is 2.60. The number of nitrogens with one attached hydrogen (secondary N) is 1. The highest BCUT2D eigenvalue weighted by molar-refractivity contribution is 5.95. The van der Waals surface area contributed by atoms with Gasteiger partial charge < -0.3 is 10.4 Å². The topological polar surface area (TPSA) is 67.2 Å². The van der Waals surface area contributed by atoms with Gasteiger partial charge in [0.05, 0.1) is 30.4 Å². The second-order valence-corrected chi connectivity index (χ2v) is 5.64. The number of amides is 1. The Hall–Kier alpha value is -2.66. The van der Waals surface area contributed by atoms with Crippen LogP contribution in [0.1, 0.15) is 17.5 Å². The van der Waals surface area contributed by atoms with Gasteiger partial charge in [-0.2, -0.15) is 5.10 Å². The first-order chi connectivity index (χ1) is 11.1. The Morgan fingerprint density at radius 2 is 2.09 bits per heavy atom. The van der Waals surface area contributed by atoms with E-state index in [0.717, 1.165) is 33.4 Å². The number of hydrogen-bond donors (Lipinski definition) is 2. The largest absolute Gasteiger partial charge is 0.396 e. The number of hydrogen-bond acceptors (Lipinski definition) is 3. The third kappa shape index (κ3) is 3.10. The molecular formula is C18H19N3O2. The van der Waals surface area contributed by atoms with Crippen molar-refractivity contribution in [1.82, 2.24) is 9.78 Å². The number of aliphatic hydroxyl groups excluding tert-OH is 1. The van der Waals surface area contributed by atoms with Crippen LogP contribution in [0.15, 0.2) is 42.6 Å². The second kappa shape index (κ2) is 6.22. The minimum atomic E-state index is -0.198. The molecule has 0 saturated carbocycles. The van der Waals surface area contributed by atoms with Gasteiger partial charge in [-0.25, -0.2) is 4.68 Å². The lowest BCUT2D eigenvalue weighted by Gasteiger charge is -2.10. The average Bonchev–Trinajstić information content (AvgIpc) is 2.90. The lowest BCUT2D eigenvalue weighted by atomic mass is 10.1. The number of fused-ring (bicyclic) bond motifs is 1. The van der Waals surface area contributed by atoms with Crippen LogP contribution >= 0.6 is 0 Å². The molecule has 1 heterocycles. The Morgan fingerprint density at radius 1 is 1.26 bits per heavy atom. The van der Waals surface area contributed by atoms with Gasteiger partial charge in [0.2, 0.25) is 5.91 Å². The lowest BCUT2D eigenvalue weighted by Crippen LogP contribution is -2.13. The van der Waals surface area contributed by atoms with Crippen molar-refractivity contribution in [2.45, 2.75) is 20.3 Å². The van der Waals surface area contributed by atoms with Gasteiger partial charge in [0, 0.05) is 11.1 Å². The number of nitrogens with zero attached hydrogens (tertiary/aromatic N) is 2. The minimum absolute atomic E-state index is 0.0919. The van der Waals surface area contributed by atoms with Crippen LogP contribution in [-0.4, -0.2) is 27.4 Å². The maximum absolute atomic E-state index is 11.7. The fourth-order valence-electron chi connectivity index (χ4n) is 2.60. The summed E-state index contributed by atoms with van der Waals surface area (Å²) in [7, 11) is 0. The molecule has 2 N–H and O–H groups in total. The van der Waals surface area contributed by atoms with Gasteiger partial charge in [-0.05, 0) is 49.2 Å². The maximum Gasteiger partial charge on any atom is 0.226 e. The van der Waals surface area contributed by atoms with Crippen LogP contribution in [0, 0.1) is 13.8 Å². The highest BCUT2D eigenvalue weighted by Gasteiger charge is 2.10. The number of aliphatic hydroxyl groups is 1. The van der Waals surface area contributed by atoms with Crippen LogP contribution in [0.25, 0.3) is 16.6 Å². The molecule has 0 radical (unpaired) electrons. The van der Waals surface area contributed by atoms with Crippen LogP contribution in [0.5, 0.6) is 0 Å². The summed E-state index contributed by atoms with van der Waals surface area (Å²) in [5.74, 6) is -0.198. The summed E-state index contributed by atoms with van der Waals surface area (Å²) >= 11 is 0. The summed E-state index contributed by atoms with van der Waals surface area (Å²) < 4.78 is 1.86. The third-order valence-corrected chi connectivity index (χ3v) is 3.77. The highest BCUT2D eigenvalue weighted by atomic mass is 16.3. The number of aromatic nitrogens is 2. The molecule has 0 fully saturated rings. The Bertz CT molecular complexity index is 868. The minimum Gasteiger partial charge on any atom is -0.396 e. The molecule has 0 spiro atoms. The van der Waals surface area contributed by atoms with Crippen molar-refractivity contribution in [2.24, 2.45) is 0 Å². The first-order valence-electron chi connectivity index (χ1n) is 7.54. The van der Waals surface area contributed by atoms with E-state index >= 15 is 0 Å². The van der Waals surface area contributed by atoms with Gasteiger partial charge in [-0.15, -0.1) is 0 Å². The second-order valence-electron chi connectivity index (χ2n) is 5.64. The molecule has 2 aromatic carbocycles. The van der Waals surface area contributed by atoms with Crippen molar-refractivity contribution in [1.29, 1.82) is 0 Å². The van der Waals surface area contributed by atoms with Crippen LogP contribution < -0.4 is 5.32 Å². The molecular weight excluding hydrogens is 290 g/mol. The quantitative estimate of drug-likeness (QED) is 0.778. The predicted molar refractivity (Wildman–Crippen MR) is 90.9 cm³/mol. The van der Waals surface area contributed by atoms with E-state index in [1.165, 1.54) is 0 Å². The normalized spacial score (nSPS) is 10.9. The summed E-state index contributed by atoms with van der Waals surface area (Å²) in [6.45, 7) is 3.83. The molecule has 5 heteroatoms. The molecule has 1 amide bonds. The fraction of sp³-hybridized carbons (Fsp3) is 0.222. The van der Waals surface area contributed by atoms with Crippen LogP contribution in [-0.2, 0) is 4.79 Å². The highest BCUT2D eigenvalue weighted by Crippen LogP contribution is 2.26. The van der Waals surface area contributed by atoms with Crippen LogP contribution in [0.4, 0.5) is 5.69 Å². The Morgan fingerprint density at radius 3 is 2.83 bits per heavy atom. The Balaban J connectivity index is 2.06. The van der Waals surface area contributed by atoms with Crippen molar-refractivity contribution in [3.8, 4) is 5.69 Å². The smallest absolute Gasteiger partial charge is 0.226 e. The molecule has 3 aromatic rings. The van der Waals surface area contributed by atoms with Crippen molar-refractivity contribution < 1.29 is 9.90 Å². The molecule has 0 bridgehead atoms. The van der Waals surface area contributed by atoms with Crippen LogP contribution in [0.3, 0.4) is 0 Å². The van der Waals surface area contributed by atoms with Gasteiger partial charge in [-0.1, -0.05) is 12.1 Å². The molecule has 0 aliphatic rings. The number of anilines is 1. The van der Waals surface area contributed by atoms with Crippen molar-refractivity contribution in [3.63, 3.8) is 0 Å². The molecule has 23 heavy (non-hydrogen) atoms. The molecule has 0 atom stereocenters. The third-order valence-electron chi connectivity index (χ3n) is 3.77. The van der Waals surface area contributed by atoms with E-state index in [0.29, 0.717) is 0 Å². The number of rotatable bonds is 4. The SMILES string of the molecule is Cc1cccc(-n2ncc3cc(C)c(NC(=O)CCO)cc32)c1. The number of aryl methyl sites for hydroxylation is 2. The Kier molecular flexibility index (Phi) is 4.12. The van der Waals surface area contributed by atoms with E-state index in [-0.39, 0.29) is 18.9 Å². The lowest BCUT2D eigenvalue weighted by molar-refractivity contribution is -0.116. The van der Waals surface area contributed by atoms with Gasteiger partial charge in [0.25, 0.3) is 0 Å². The zero-order valence-corrected chi connectivity index (χ0v) is 13.2. The van der Waals surface area contributed by atoms with Gasteiger partial charge >= 0.3 is 0 Å². The van der Waals surface area contributed by atoms with Crippen molar-refractivity contribution >= 4 is 22.5 Å². The summed E-state index contributed by atoms with van der Waals surface area (Å²) in [5, 5.41) is 17.2. The first-order valence-corrected chi connectivity index (χ1v) is 7.54. The van der Waals surface area contributed by atoms with E-state index in [4.69, 9.17) is 5.11 Å². The van der Waals surface area contributed by atoms with E-state index in [1.54, 1.807) is 0 Å².